The Kier molecular flexibility index (Phi) is 6.10. The molecule has 22 heavy (non-hydrogen) atoms. The lowest BCUT2D eigenvalue weighted by molar-refractivity contribution is 0.138. The summed E-state index contributed by atoms with van der Waals surface area (Å²) in [6.45, 7) is 2.51. The molecular weight excluding hydrogens is 302 g/mol. The second kappa shape index (κ2) is 8.29. The summed E-state index contributed by atoms with van der Waals surface area (Å²) in [5, 5.41) is 3.34. The maximum Gasteiger partial charge on any atom is 0.411 e. The van der Waals surface area contributed by atoms with Crippen molar-refractivity contribution in [3.63, 3.8) is 0 Å². The summed E-state index contributed by atoms with van der Waals surface area (Å²) in [6, 6.07) is 14.7. The second-order valence-corrected chi connectivity index (χ2v) is 5.05. The van der Waals surface area contributed by atoms with E-state index in [-0.39, 0.29) is 13.2 Å². The highest BCUT2D eigenvalue weighted by Crippen LogP contribution is 2.15. The van der Waals surface area contributed by atoms with Crippen LogP contribution in [0.2, 0.25) is 5.02 Å². The number of halogens is 1. The van der Waals surface area contributed by atoms with E-state index in [4.69, 9.17) is 21.1 Å². The minimum atomic E-state index is -0.493. The van der Waals surface area contributed by atoms with Crippen LogP contribution in [0.15, 0.2) is 48.5 Å². The zero-order chi connectivity index (χ0) is 15.8. The number of ether oxygens (including phenoxy) is 2. The van der Waals surface area contributed by atoms with Crippen LogP contribution >= 0.6 is 11.6 Å². The van der Waals surface area contributed by atoms with E-state index < -0.39 is 6.09 Å². The minimum absolute atomic E-state index is 0.169. The highest BCUT2D eigenvalue weighted by Gasteiger charge is 2.03. The van der Waals surface area contributed by atoms with Crippen molar-refractivity contribution in [3.8, 4) is 5.75 Å². The van der Waals surface area contributed by atoms with Crippen molar-refractivity contribution in [2.24, 2.45) is 0 Å². The molecule has 0 radical (unpaired) electrons. The van der Waals surface area contributed by atoms with Gasteiger partial charge in [-0.25, -0.2) is 4.79 Å². The summed E-state index contributed by atoms with van der Waals surface area (Å²) in [6.07, 6.45) is 0.424. The Morgan fingerprint density at radius 3 is 2.64 bits per heavy atom. The van der Waals surface area contributed by atoms with Crippen molar-refractivity contribution in [1.82, 2.24) is 0 Å². The van der Waals surface area contributed by atoms with Crippen LogP contribution < -0.4 is 10.1 Å². The van der Waals surface area contributed by atoms with E-state index in [9.17, 15) is 4.79 Å². The molecule has 0 aromatic heterocycles. The quantitative estimate of drug-likeness (QED) is 0.796. The fourth-order valence-corrected chi connectivity index (χ4v) is 1.97. The van der Waals surface area contributed by atoms with Crippen LogP contribution in [-0.4, -0.2) is 19.3 Å². The van der Waals surface area contributed by atoms with Gasteiger partial charge in [0.2, 0.25) is 0 Å². The second-order valence-electron chi connectivity index (χ2n) is 4.62. The molecule has 1 N–H and O–H groups in total. The molecule has 0 bridgehead atoms. The summed E-state index contributed by atoms with van der Waals surface area (Å²) in [4.78, 5) is 11.7. The van der Waals surface area contributed by atoms with Crippen molar-refractivity contribution < 1.29 is 14.3 Å². The first kappa shape index (κ1) is 16.2. The molecule has 0 unspecified atom stereocenters. The Hall–Kier alpha value is -2.20. The number of carbonyl (C=O) groups excluding carboxylic acids is 1. The van der Waals surface area contributed by atoms with Gasteiger partial charge in [0, 0.05) is 10.7 Å². The van der Waals surface area contributed by atoms with Gasteiger partial charge in [-0.05, 0) is 48.4 Å². The summed E-state index contributed by atoms with van der Waals surface area (Å²) >= 11 is 5.78. The summed E-state index contributed by atoms with van der Waals surface area (Å²) < 4.78 is 10.5. The van der Waals surface area contributed by atoms with Crippen LogP contribution in [0.1, 0.15) is 12.5 Å². The molecule has 0 fully saturated rings. The van der Waals surface area contributed by atoms with Gasteiger partial charge in [0.05, 0.1) is 0 Å². The average molecular weight is 320 g/mol. The molecule has 0 heterocycles. The van der Waals surface area contributed by atoms with Crippen LogP contribution in [-0.2, 0) is 11.2 Å². The van der Waals surface area contributed by atoms with Crippen molar-refractivity contribution in [1.29, 1.82) is 0 Å². The molecule has 2 aromatic carbocycles. The van der Waals surface area contributed by atoms with E-state index in [1.165, 1.54) is 0 Å². The monoisotopic (exact) mass is 319 g/mol. The van der Waals surface area contributed by atoms with E-state index in [1.807, 2.05) is 24.3 Å². The Morgan fingerprint density at radius 1 is 1.14 bits per heavy atom. The lowest BCUT2D eigenvalue weighted by Gasteiger charge is -2.09. The van der Waals surface area contributed by atoms with Gasteiger partial charge in [0.15, 0.2) is 0 Å². The van der Waals surface area contributed by atoms with Crippen molar-refractivity contribution in [3.05, 3.63) is 59.1 Å². The molecule has 4 nitrogen and oxygen atoms in total. The summed E-state index contributed by atoms with van der Waals surface area (Å²) in [5.74, 6) is 0.684. The number of hydrogen-bond donors (Lipinski definition) is 1. The normalized spacial score (nSPS) is 10.1. The van der Waals surface area contributed by atoms with E-state index in [0.717, 1.165) is 17.7 Å². The number of carbonyl (C=O) groups is 1. The highest BCUT2D eigenvalue weighted by atomic mass is 35.5. The number of benzene rings is 2. The topological polar surface area (TPSA) is 47.6 Å². The largest absolute Gasteiger partial charge is 0.490 e. The van der Waals surface area contributed by atoms with Crippen LogP contribution in [0.4, 0.5) is 10.5 Å². The molecule has 1 amide bonds. The van der Waals surface area contributed by atoms with Crippen molar-refractivity contribution in [2.45, 2.75) is 13.3 Å². The maximum absolute atomic E-state index is 11.7. The Balaban J connectivity index is 1.70. The van der Waals surface area contributed by atoms with Crippen LogP contribution in [0, 0.1) is 0 Å². The Bertz CT molecular complexity index is 614. The molecular formula is C17H18ClNO3. The smallest absolute Gasteiger partial charge is 0.411 e. The number of amides is 1. The molecule has 0 saturated heterocycles. The van der Waals surface area contributed by atoms with Crippen molar-refractivity contribution in [2.75, 3.05) is 18.5 Å². The Morgan fingerprint density at radius 2 is 1.91 bits per heavy atom. The predicted molar refractivity (Wildman–Crippen MR) is 87.7 cm³/mol. The van der Waals surface area contributed by atoms with E-state index in [1.54, 1.807) is 24.3 Å². The third kappa shape index (κ3) is 5.30. The lowest BCUT2D eigenvalue weighted by Crippen LogP contribution is -2.17. The third-order valence-electron chi connectivity index (χ3n) is 2.98. The van der Waals surface area contributed by atoms with Crippen LogP contribution in [0.3, 0.4) is 0 Å². The molecule has 0 saturated carbocycles. The number of aryl methyl sites for hydroxylation is 1. The molecule has 0 atom stereocenters. The zero-order valence-electron chi connectivity index (χ0n) is 12.3. The summed E-state index contributed by atoms with van der Waals surface area (Å²) in [5.41, 5.74) is 1.88. The predicted octanol–water partition coefficient (Wildman–Crippen LogP) is 4.53. The highest BCUT2D eigenvalue weighted by molar-refractivity contribution is 6.30. The molecule has 5 heteroatoms. The fourth-order valence-electron chi connectivity index (χ4n) is 1.85. The standard InChI is InChI=1S/C17H18ClNO3/c1-2-13-4-3-5-15(12-13)19-17(20)22-11-10-21-16-8-6-14(18)7-9-16/h3-9,12H,2,10-11H2,1H3,(H,19,20). The number of anilines is 1. The number of rotatable bonds is 6. The van der Waals surface area contributed by atoms with Crippen LogP contribution in [0.5, 0.6) is 5.75 Å². The van der Waals surface area contributed by atoms with Crippen molar-refractivity contribution >= 4 is 23.4 Å². The molecule has 2 rings (SSSR count). The fraction of sp³-hybridized carbons (Fsp3) is 0.235. The van der Waals surface area contributed by atoms with Gasteiger partial charge in [-0.3, -0.25) is 5.32 Å². The van der Waals surface area contributed by atoms with Gasteiger partial charge >= 0.3 is 6.09 Å². The first-order valence-electron chi connectivity index (χ1n) is 7.08. The van der Waals surface area contributed by atoms with Gasteiger partial charge in [-0.15, -0.1) is 0 Å². The third-order valence-corrected chi connectivity index (χ3v) is 3.23. The Labute approximate surface area is 135 Å². The SMILES string of the molecule is CCc1cccc(NC(=O)OCCOc2ccc(Cl)cc2)c1. The van der Waals surface area contributed by atoms with Gasteiger partial charge in [0.25, 0.3) is 0 Å². The zero-order valence-corrected chi connectivity index (χ0v) is 13.1. The van der Waals surface area contributed by atoms with Gasteiger partial charge in [0.1, 0.15) is 19.0 Å². The molecule has 116 valence electrons. The first-order chi connectivity index (χ1) is 10.7. The van der Waals surface area contributed by atoms with Gasteiger partial charge in [-0.2, -0.15) is 0 Å². The van der Waals surface area contributed by atoms with E-state index in [2.05, 4.69) is 12.2 Å². The molecule has 0 aliphatic heterocycles. The minimum Gasteiger partial charge on any atom is -0.490 e. The van der Waals surface area contributed by atoms with Gasteiger partial charge in [-0.1, -0.05) is 30.7 Å². The molecule has 0 aliphatic rings. The van der Waals surface area contributed by atoms with Gasteiger partial charge < -0.3 is 9.47 Å². The van der Waals surface area contributed by atoms with E-state index in [0.29, 0.717) is 10.8 Å². The molecule has 0 aliphatic carbocycles. The lowest BCUT2D eigenvalue weighted by atomic mass is 10.1. The maximum atomic E-state index is 11.7. The summed E-state index contributed by atoms with van der Waals surface area (Å²) in [7, 11) is 0. The van der Waals surface area contributed by atoms with Crippen LogP contribution in [0.25, 0.3) is 0 Å². The molecule has 2 aromatic rings. The first-order valence-corrected chi connectivity index (χ1v) is 7.46. The van der Waals surface area contributed by atoms with E-state index >= 15 is 0 Å². The molecule has 0 spiro atoms. The number of hydrogen-bond acceptors (Lipinski definition) is 3. The number of nitrogens with one attached hydrogen (secondary N) is 1. The average Bonchev–Trinajstić information content (AvgIpc) is 2.53.